The number of amides is 1. The first-order chi connectivity index (χ1) is 13.3. The molecule has 2 N–H and O–H groups in total. The van der Waals surface area contributed by atoms with E-state index in [0.29, 0.717) is 17.2 Å². The molecule has 0 bridgehead atoms. The maximum atomic E-state index is 12.9. The number of nitrogens with zero attached hydrogens (tertiary/aromatic N) is 3. The van der Waals surface area contributed by atoms with Crippen LogP contribution in [0.25, 0.3) is 11.4 Å². The van der Waals surface area contributed by atoms with Crippen LogP contribution in [0.3, 0.4) is 0 Å². The lowest BCUT2D eigenvalue weighted by atomic mass is 9.91. The number of hydrogen-bond donors (Lipinski definition) is 2. The standard InChI is InChI=1S/C21H27N5O/c27-20(17-14-21(17)8-10-22-11-9-21)26-12-6-16(7-13-26)19-23-18(24-25-19)15-4-2-1-3-5-15/h1-5,16-17,22H,6-14H2,(H,23,24,25). The first kappa shape index (κ1) is 16.9. The van der Waals surface area contributed by atoms with E-state index in [1.54, 1.807) is 0 Å². The molecule has 5 rings (SSSR count). The van der Waals surface area contributed by atoms with Crippen molar-refractivity contribution in [1.82, 2.24) is 25.4 Å². The molecule has 1 aromatic heterocycles. The van der Waals surface area contributed by atoms with Gasteiger partial charge < -0.3 is 10.2 Å². The summed E-state index contributed by atoms with van der Waals surface area (Å²) in [6.07, 6.45) is 5.38. The fourth-order valence-corrected chi connectivity index (χ4v) is 4.94. The maximum absolute atomic E-state index is 12.9. The number of aromatic amines is 1. The van der Waals surface area contributed by atoms with E-state index < -0.39 is 0 Å². The molecule has 2 aliphatic heterocycles. The van der Waals surface area contributed by atoms with Crippen LogP contribution >= 0.6 is 0 Å². The highest BCUT2D eigenvalue weighted by Gasteiger charge is 2.58. The summed E-state index contributed by atoms with van der Waals surface area (Å²) in [5, 5.41) is 10.9. The topological polar surface area (TPSA) is 73.9 Å². The SMILES string of the molecule is O=C(C1CC12CCNCC2)N1CCC(c2nc(-c3ccccc3)n[nH]2)CC1. The highest BCUT2D eigenvalue weighted by atomic mass is 16.2. The van der Waals surface area contributed by atoms with Crippen molar-refractivity contribution in [2.75, 3.05) is 26.2 Å². The van der Waals surface area contributed by atoms with Crippen LogP contribution in [-0.4, -0.2) is 52.2 Å². The van der Waals surface area contributed by atoms with Crippen LogP contribution in [0, 0.1) is 11.3 Å². The molecule has 1 aromatic carbocycles. The zero-order valence-corrected chi connectivity index (χ0v) is 15.7. The second-order valence-electron chi connectivity index (χ2n) is 8.38. The lowest BCUT2D eigenvalue weighted by molar-refractivity contribution is -0.134. The second kappa shape index (κ2) is 6.75. The number of H-pyrrole nitrogens is 1. The number of likely N-dealkylation sites (tertiary alicyclic amines) is 1. The van der Waals surface area contributed by atoms with Crippen molar-refractivity contribution >= 4 is 5.91 Å². The van der Waals surface area contributed by atoms with Gasteiger partial charge in [-0.05, 0) is 50.6 Å². The van der Waals surface area contributed by atoms with Gasteiger partial charge in [0.05, 0.1) is 0 Å². The van der Waals surface area contributed by atoms with E-state index in [1.807, 2.05) is 30.3 Å². The number of carbonyl (C=O) groups is 1. The van der Waals surface area contributed by atoms with Crippen LogP contribution in [0.5, 0.6) is 0 Å². The Morgan fingerprint density at radius 3 is 2.59 bits per heavy atom. The first-order valence-corrected chi connectivity index (χ1v) is 10.2. The molecule has 0 radical (unpaired) electrons. The van der Waals surface area contributed by atoms with Gasteiger partial charge in [-0.1, -0.05) is 30.3 Å². The Labute approximate surface area is 159 Å². The Kier molecular flexibility index (Phi) is 4.23. The molecule has 2 aromatic rings. The molecule has 6 heteroatoms. The Hall–Kier alpha value is -2.21. The Morgan fingerprint density at radius 2 is 1.85 bits per heavy atom. The third-order valence-corrected chi connectivity index (χ3v) is 6.82. The number of hydrogen-bond acceptors (Lipinski definition) is 4. The zero-order chi connectivity index (χ0) is 18.3. The molecule has 142 valence electrons. The predicted octanol–water partition coefficient (Wildman–Crippen LogP) is 2.57. The minimum absolute atomic E-state index is 0.283. The maximum Gasteiger partial charge on any atom is 0.226 e. The highest BCUT2D eigenvalue weighted by Crippen LogP contribution is 2.59. The molecular formula is C21H27N5O. The van der Waals surface area contributed by atoms with Crippen LogP contribution in [0.2, 0.25) is 0 Å². The molecule has 3 aliphatic rings. The highest BCUT2D eigenvalue weighted by molar-refractivity contribution is 5.83. The van der Waals surface area contributed by atoms with Crippen molar-refractivity contribution < 1.29 is 4.79 Å². The van der Waals surface area contributed by atoms with Gasteiger partial charge >= 0.3 is 0 Å². The molecule has 6 nitrogen and oxygen atoms in total. The van der Waals surface area contributed by atoms with Crippen molar-refractivity contribution in [2.24, 2.45) is 11.3 Å². The molecule has 1 saturated carbocycles. The smallest absolute Gasteiger partial charge is 0.226 e. The van der Waals surface area contributed by atoms with Crippen LogP contribution in [0.1, 0.15) is 43.8 Å². The molecule has 1 unspecified atom stereocenters. The summed E-state index contributed by atoms with van der Waals surface area (Å²) in [5.74, 6) is 2.77. The molecule has 3 heterocycles. The fraction of sp³-hybridized carbons (Fsp3) is 0.571. The molecule has 3 fully saturated rings. The number of carbonyl (C=O) groups excluding carboxylic acids is 1. The van der Waals surface area contributed by atoms with Crippen molar-refractivity contribution in [3.8, 4) is 11.4 Å². The number of aromatic nitrogens is 3. The number of piperidine rings is 2. The summed E-state index contributed by atoms with van der Waals surface area (Å²) in [5.41, 5.74) is 1.36. The normalized spacial score (nSPS) is 24.9. The number of rotatable bonds is 3. The van der Waals surface area contributed by atoms with Crippen LogP contribution < -0.4 is 5.32 Å². The molecule has 1 spiro atoms. The summed E-state index contributed by atoms with van der Waals surface area (Å²) in [4.78, 5) is 19.8. The summed E-state index contributed by atoms with van der Waals surface area (Å²) in [6, 6.07) is 10.1. The van der Waals surface area contributed by atoms with Crippen molar-refractivity contribution in [3.63, 3.8) is 0 Å². The number of benzene rings is 1. The second-order valence-corrected chi connectivity index (χ2v) is 8.38. The first-order valence-electron chi connectivity index (χ1n) is 10.2. The summed E-state index contributed by atoms with van der Waals surface area (Å²) in [7, 11) is 0. The van der Waals surface area contributed by atoms with Gasteiger partial charge in [0.2, 0.25) is 5.91 Å². The summed E-state index contributed by atoms with van der Waals surface area (Å²) >= 11 is 0. The predicted molar refractivity (Wildman–Crippen MR) is 103 cm³/mol. The van der Waals surface area contributed by atoms with E-state index >= 15 is 0 Å². The Bertz CT molecular complexity index is 803. The number of nitrogens with one attached hydrogen (secondary N) is 2. The summed E-state index contributed by atoms with van der Waals surface area (Å²) < 4.78 is 0. The average Bonchev–Trinajstić information content (AvgIpc) is 3.19. The summed E-state index contributed by atoms with van der Waals surface area (Å²) in [6.45, 7) is 3.83. The van der Waals surface area contributed by atoms with Gasteiger partial charge in [-0.25, -0.2) is 4.98 Å². The molecular weight excluding hydrogens is 338 g/mol. The fourth-order valence-electron chi connectivity index (χ4n) is 4.94. The average molecular weight is 365 g/mol. The van der Waals surface area contributed by atoms with Crippen LogP contribution in [0.15, 0.2) is 30.3 Å². The van der Waals surface area contributed by atoms with Gasteiger partial charge in [0, 0.05) is 30.5 Å². The van der Waals surface area contributed by atoms with Gasteiger partial charge in [0.15, 0.2) is 5.82 Å². The van der Waals surface area contributed by atoms with E-state index in [9.17, 15) is 4.79 Å². The van der Waals surface area contributed by atoms with Crippen molar-refractivity contribution in [1.29, 1.82) is 0 Å². The van der Waals surface area contributed by atoms with E-state index in [2.05, 4.69) is 20.4 Å². The third-order valence-electron chi connectivity index (χ3n) is 6.82. The monoisotopic (exact) mass is 365 g/mol. The van der Waals surface area contributed by atoms with E-state index in [0.717, 1.165) is 62.7 Å². The van der Waals surface area contributed by atoms with Gasteiger partial charge in [-0.2, -0.15) is 5.10 Å². The molecule has 27 heavy (non-hydrogen) atoms. The molecule has 1 amide bonds. The Balaban J connectivity index is 1.19. The minimum Gasteiger partial charge on any atom is -0.342 e. The van der Waals surface area contributed by atoms with Crippen molar-refractivity contribution in [2.45, 2.75) is 38.0 Å². The van der Waals surface area contributed by atoms with Gasteiger partial charge in [0.25, 0.3) is 0 Å². The van der Waals surface area contributed by atoms with Gasteiger partial charge in [0.1, 0.15) is 5.82 Å². The van der Waals surface area contributed by atoms with Gasteiger partial charge in [-0.15, -0.1) is 0 Å². The van der Waals surface area contributed by atoms with Crippen LogP contribution in [0.4, 0.5) is 0 Å². The molecule has 1 atom stereocenters. The third kappa shape index (κ3) is 3.16. The molecule has 1 aliphatic carbocycles. The quantitative estimate of drug-likeness (QED) is 0.877. The Morgan fingerprint density at radius 1 is 1.11 bits per heavy atom. The largest absolute Gasteiger partial charge is 0.342 e. The van der Waals surface area contributed by atoms with Gasteiger partial charge in [-0.3, -0.25) is 9.89 Å². The van der Waals surface area contributed by atoms with E-state index in [4.69, 9.17) is 4.98 Å². The van der Waals surface area contributed by atoms with Crippen molar-refractivity contribution in [3.05, 3.63) is 36.2 Å². The van der Waals surface area contributed by atoms with E-state index in [-0.39, 0.29) is 5.92 Å². The van der Waals surface area contributed by atoms with Crippen LogP contribution in [-0.2, 0) is 4.79 Å². The lowest BCUT2D eigenvalue weighted by Crippen LogP contribution is -2.41. The zero-order valence-electron chi connectivity index (χ0n) is 15.7. The van der Waals surface area contributed by atoms with E-state index in [1.165, 1.54) is 12.8 Å². The molecule has 2 saturated heterocycles. The lowest BCUT2D eigenvalue weighted by Gasteiger charge is -2.32. The minimum atomic E-state index is 0.283.